The molecule has 10 heteroatoms. The van der Waals surface area contributed by atoms with Gasteiger partial charge in [-0.3, -0.25) is 9.69 Å². The van der Waals surface area contributed by atoms with Gasteiger partial charge in [0.15, 0.2) is 5.78 Å². The van der Waals surface area contributed by atoms with Crippen molar-refractivity contribution in [1.82, 2.24) is 0 Å². The third-order valence-electron chi connectivity index (χ3n) is 8.13. The summed E-state index contributed by atoms with van der Waals surface area (Å²) in [7, 11) is 0. The third kappa shape index (κ3) is 5.98. The van der Waals surface area contributed by atoms with Gasteiger partial charge in [-0.1, -0.05) is 53.5 Å². The molecule has 1 aliphatic heterocycles. The highest BCUT2D eigenvalue weighted by molar-refractivity contribution is 9.10. The first-order valence-electron chi connectivity index (χ1n) is 13.9. The number of carbonyl (C=O) groups excluding carboxylic acids is 1. The number of carbonyl (C=O) groups is 1. The smallest absolute Gasteiger partial charge is 0.418 e. The summed E-state index contributed by atoms with van der Waals surface area (Å²) in [5.41, 5.74) is 8.75. The van der Waals surface area contributed by atoms with Crippen LogP contribution in [0.3, 0.4) is 0 Å². The van der Waals surface area contributed by atoms with E-state index in [0.717, 1.165) is 27.2 Å². The Balaban J connectivity index is 1.71. The van der Waals surface area contributed by atoms with E-state index in [1.165, 1.54) is 17.0 Å². The molecule has 2 aliphatic rings. The van der Waals surface area contributed by atoms with Crippen molar-refractivity contribution in [3.05, 3.63) is 115 Å². The summed E-state index contributed by atoms with van der Waals surface area (Å²) < 4.78 is 50.0. The molecule has 2 N–H and O–H groups in total. The number of halogens is 5. The molecule has 1 aliphatic carbocycles. The molecule has 0 amide bonds. The zero-order valence-electron chi connectivity index (χ0n) is 24.6. The first kappa shape index (κ1) is 31.7. The summed E-state index contributed by atoms with van der Waals surface area (Å²) in [4.78, 5) is 15.2. The second-order valence-corrected chi connectivity index (χ2v) is 13.4. The number of ether oxygens (including phenoxy) is 1. The Kier molecular flexibility index (Phi) is 8.38. The SMILES string of the molecule is Cc1cc(C)c(C2C(C#N)=C(N)N(c3ccc(Cl)cc3C(F)(F)F)C3=C2C(=O)CC(C)(C)C3)cc1COc1ccc(Br)cc1. The fraction of sp³-hybridized carbons (Fsp3) is 0.294. The zero-order valence-corrected chi connectivity index (χ0v) is 26.9. The Morgan fingerprint density at radius 2 is 1.77 bits per heavy atom. The van der Waals surface area contributed by atoms with Crippen molar-refractivity contribution >= 4 is 39.0 Å². The lowest BCUT2D eigenvalue weighted by molar-refractivity contribution is -0.137. The molecule has 0 saturated carbocycles. The highest BCUT2D eigenvalue weighted by Crippen LogP contribution is 2.52. The van der Waals surface area contributed by atoms with E-state index >= 15 is 0 Å². The van der Waals surface area contributed by atoms with Crippen LogP contribution in [0.15, 0.2) is 81.7 Å². The number of allylic oxidation sites excluding steroid dienone is 3. The normalized spacial score (nSPS) is 18.3. The van der Waals surface area contributed by atoms with Crippen molar-refractivity contribution in [2.24, 2.45) is 11.1 Å². The number of benzene rings is 3. The second kappa shape index (κ2) is 11.6. The van der Waals surface area contributed by atoms with Crippen LogP contribution in [-0.4, -0.2) is 5.78 Å². The van der Waals surface area contributed by atoms with Crippen LogP contribution in [0.25, 0.3) is 0 Å². The highest BCUT2D eigenvalue weighted by atomic mass is 79.9. The van der Waals surface area contributed by atoms with E-state index in [0.29, 0.717) is 17.0 Å². The molecule has 0 radical (unpaired) electrons. The Morgan fingerprint density at radius 3 is 2.41 bits per heavy atom. The van der Waals surface area contributed by atoms with Crippen molar-refractivity contribution in [1.29, 1.82) is 5.26 Å². The molecule has 5 rings (SSSR count). The lowest BCUT2D eigenvalue weighted by atomic mass is 9.68. The molecule has 0 aromatic heterocycles. The summed E-state index contributed by atoms with van der Waals surface area (Å²) in [6.07, 6.45) is -4.32. The predicted octanol–water partition coefficient (Wildman–Crippen LogP) is 9.26. The monoisotopic (exact) mass is 683 g/mol. The lowest BCUT2D eigenvalue weighted by Gasteiger charge is -2.44. The molecule has 3 aromatic carbocycles. The molecule has 1 unspecified atom stereocenters. The van der Waals surface area contributed by atoms with Gasteiger partial charge in [-0.25, -0.2) is 0 Å². The molecular weight excluding hydrogens is 655 g/mol. The minimum absolute atomic E-state index is 0.00612. The van der Waals surface area contributed by atoms with Crippen LogP contribution >= 0.6 is 27.5 Å². The summed E-state index contributed by atoms with van der Waals surface area (Å²) in [6.45, 7) is 7.85. The van der Waals surface area contributed by atoms with Crippen molar-refractivity contribution < 1.29 is 22.7 Å². The predicted molar refractivity (Wildman–Crippen MR) is 168 cm³/mol. The Morgan fingerprint density at radius 1 is 1.09 bits per heavy atom. The van der Waals surface area contributed by atoms with E-state index in [1.807, 2.05) is 64.1 Å². The summed E-state index contributed by atoms with van der Waals surface area (Å²) in [5, 5.41) is 10.4. The number of anilines is 1. The van der Waals surface area contributed by atoms with Gasteiger partial charge in [0.1, 0.15) is 18.2 Å². The van der Waals surface area contributed by atoms with Gasteiger partial charge in [0, 0.05) is 27.2 Å². The molecule has 0 saturated heterocycles. The largest absolute Gasteiger partial charge is 0.489 e. The maximum Gasteiger partial charge on any atom is 0.418 e. The maximum atomic E-state index is 14.3. The van der Waals surface area contributed by atoms with Gasteiger partial charge in [-0.2, -0.15) is 18.4 Å². The topological polar surface area (TPSA) is 79.4 Å². The first-order valence-corrected chi connectivity index (χ1v) is 15.1. The van der Waals surface area contributed by atoms with E-state index in [4.69, 9.17) is 22.1 Å². The fourth-order valence-electron chi connectivity index (χ4n) is 6.10. The number of hydrogen-bond acceptors (Lipinski definition) is 5. The van der Waals surface area contributed by atoms with Crippen LogP contribution < -0.4 is 15.4 Å². The van der Waals surface area contributed by atoms with Gasteiger partial charge in [-0.05, 0) is 90.4 Å². The van der Waals surface area contributed by atoms with Gasteiger partial charge in [0.2, 0.25) is 0 Å². The van der Waals surface area contributed by atoms with Crippen molar-refractivity contribution in [2.45, 2.75) is 59.2 Å². The molecule has 0 fully saturated rings. The summed E-state index contributed by atoms with van der Waals surface area (Å²) in [5.74, 6) is -0.574. The van der Waals surface area contributed by atoms with E-state index in [1.54, 1.807) is 0 Å². The minimum atomic E-state index is -4.77. The molecule has 1 heterocycles. The fourth-order valence-corrected chi connectivity index (χ4v) is 6.54. The van der Waals surface area contributed by atoms with Crippen molar-refractivity contribution in [3.63, 3.8) is 0 Å². The van der Waals surface area contributed by atoms with Gasteiger partial charge in [-0.15, -0.1) is 0 Å². The van der Waals surface area contributed by atoms with E-state index in [-0.39, 0.29) is 52.9 Å². The van der Waals surface area contributed by atoms with Crippen LogP contribution in [0.4, 0.5) is 18.9 Å². The molecular formula is C34H30BrClF3N3O2. The number of alkyl halides is 3. The molecule has 5 nitrogen and oxygen atoms in total. The minimum Gasteiger partial charge on any atom is -0.489 e. The number of ketones is 1. The van der Waals surface area contributed by atoms with E-state index in [9.17, 15) is 23.2 Å². The third-order valence-corrected chi connectivity index (χ3v) is 8.89. The number of Topliss-reactive ketones (excluding diaryl/α,β-unsaturated/α-hetero) is 1. The maximum absolute atomic E-state index is 14.3. The highest BCUT2D eigenvalue weighted by Gasteiger charge is 2.47. The average molecular weight is 685 g/mol. The van der Waals surface area contributed by atoms with E-state index < -0.39 is 23.1 Å². The van der Waals surface area contributed by atoms with Crippen LogP contribution in [0, 0.1) is 30.6 Å². The van der Waals surface area contributed by atoms with Crippen molar-refractivity contribution in [2.75, 3.05) is 4.90 Å². The quantitative estimate of drug-likeness (QED) is 0.290. The van der Waals surface area contributed by atoms with Crippen LogP contribution in [0.5, 0.6) is 5.75 Å². The van der Waals surface area contributed by atoms with Gasteiger partial charge < -0.3 is 10.5 Å². The molecule has 0 spiro atoms. The average Bonchev–Trinajstić information content (AvgIpc) is 2.92. The lowest BCUT2D eigenvalue weighted by Crippen LogP contribution is -2.42. The number of nitrogens with zero attached hydrogens (tertiary/aromatic N) is 2. The number of nitriles is 1. The Hall–Kier alpha value is -3.74. The van der Waals surface area contributed by atoms with Crippen molar-refractivity contribution in [3.8, 4) is 11.8 Å². The van der Waals surface area contributed by atoms with Gasteiger partial charge >= 0.3 is 6.18 Å². The summed E-state index contributed by atoms with van der Waals surface area (Å²) in [6, 6.07) is 16.9. The molecule has 1 atom stereocenters. The standard InChI is InChI=1S/C34H30BrClF3N3O2/c1-18-11-19(2)24(12-20(18)17-44-23-8-5-21(35)6-9-23)30-25(16-40)32(41)42(28-14-33(3,4)15-29(43)31(28)30)27-10-7-22(36)13-26(27)34(37,38)39/h5-13,30H,14-15,17,41H2,1-4H3. The second-order valence-electron chi connectivity index (χ2n) is 12.0. The van der Waals surface area contributed by atoms with Crippen LogP contribution in [0.2, 0.25) is 5.02 Å². The first-order chi connectivity index (χ1) is 20.6. The van der Waals surface area contributed by atoms with E-state index in [2.05, 4.69) is 22.0 Å². The number of rotatable bonds is 5. The number of aryl methyl sites for hydroxylation is 2. The number of nitrogens with two attached hydrogens (primary N) is 1. The Labute approximate surface area is 267 Å². The summed E-state index contributed by atoms with van der Waals surface area (Å²) >= 11 is 9.40. The number of hydrogen-bond donors (Lipinski definition) is 1. The van der Waals surface area contributed by atoms with Crippen LogP contribution in [0.1, 0.15) is 60.4 Å². The van der Waals surface area contributed by atoms with Gasteiger partial charge in [0.25, 0.3) is 0 Å². The molecule has 44 heavy (non-hydrogen) atoms. The van der Waals surface area contributed by atoms with Crippen LogP contribution in [-0.2, 0) is 17.6 Å². The Bertz CT molecular complexity index is 1770. The van der Waals surface area contributed by atoms with Gasteiger partial charge in [0.05, 0.1) is 28.8 Å². The zero-order chi connectivity index (χ0) is 32.1. The molecule has 228 valence electrons. The molecule has 0 bridgehead atoms. The molecule has 3 aromatic rings.